The summed E-state index contributed by atoms with van der Waals surface area (Å²) in [6.45, 7) is 15.6. The van der Waals surface area contributed by atoms with Crippen molar-refractivity contribution in [3.63, 3.8) is 0 Å². The maximum Gasteiger partial charge on any atom is 0.0622 e. The lowest BCUT2D eigenvalue weighted by molar-refractivity contribution is 0.108. The van der Waals surface area contributed by atoms with Gasteiger partial charge < -0.3 is 10.1 Å². The van der Waals surface area contributed by atoms with Crippen LogP contribution < -0.4 is 5.32 Å². The summed E-state index contributed by atoms with van der Waals surface area (Å²) in [5, 5.41) is 3.63. The summed E-state index contributed by atoms with van der Waals surface area (Å²) < 4.78 is 5.56. The lowest BCUT2D eigenvalue weighted by Crippen LogP contribution is -2.37. The van der Waals surface area contributed by atoms with Crippen molar-refractivity contribution in [2.24, 2.45) is 5.92 Å². The number of nitrogens with one attached hydrogen (secondary N) is 1. The summed E-state index contributed by atoms with van der Waals surface area (Å²) in [5.41, 5.74) is 5.50. The first-order chi connectivity index (χ1) is 8.95. The van der Waals surface area contributed by atoms with Crippen LogP contribution in [0.1, 0.15) is 43.0 Å². The van der Waals surface area contributed by atoms with Crippen LogP contribution in [0.2, 0.25) is 0 Å². The number of ether oxygens (including phenoxy) is 1. The van der Waals surface area contributed by atoms with Gasteiger partial charge in [-0.25, -0.2) is 0 Å². The molecule has 1 aromatic carbocycles. The molecule has 1 unspecified atom stereocenters. The fourth-order valence-corrected chi connectivity index (χ4v) is 2.18. The molecule has 2 nitrogen and oxygen atoms in total. The summed E-state index contributed by atoms with van der Waals surface area (Å²) in [6, 6.07) is 5.00. The molecule has 0 radical (unpaired) electrons. The molecule has 0 aliphatic heterocycles. The molecule has 1 N–H and O–H groups in total. The van der Waals surface area contributed by atoms with E-state index in [0.29, 0.717) is 12.0 Å². The molecule has 0 aliphatic carbocycles. The number of aryl methyl sites for hydroxylation is 3. The zero-order valence-electron chi connectivity index (χ0n) is 13.3. The molecule has 0 heterocycles. The minimum atomic E-state index is 0.418. The molecular formula is C17H29NO. The first kappa shape index (κ1) is 16.2. The van der Waals surface area contributed by atoms with Gasteiger partial charge in [-0.1, -0.05) is 26.0 Å². The first-order valence-corrected chi connectivity index (χ1v) is 7.33. The lowest BCUT2D eigenvalue weighted by atomic mass is 9.99. The highest BCUT2D eigenvalue weighted by molar-refractivity contribution is 5.36. The number of hydrogen-bond acceptors (Lipinski definition) is 2. The Hall–Kier alpha value is -0.860. The zero-order valence-corrected chi connectivity index (χ0v) is 13.3. The third-order valence-corrected chi connectivity index (χ3v) is 3.81. The highest BCUT2D eigenvalue weighted by atomic mass is 16.5. The second-order valence-electron chi connectivity index (χ2n) is 5.75. The van der Waals surface area contributed by atoms with E-state index >= 15 is 0 Å². The molecule has 0 aromatic heterocycles. The molecule has 1 rings (SSSR count). The first-order valence-electron chi connectivity index (χ1n) is 7.33. The average molecular weight is 263 g/mol. The van der Waals surface area contributed by atoms with Gasteiger partial charge in [-0.2, -0.15) is 0 Å². The molecule has 1 atom stereocenters. The van der Waals surface area contributed by atoms with Gasteiger partial charge in [0.1, 0.15) is 0 Å². The van der Waals surface area contributed by atoms with Crippen LogP contribution in [0.25, 0.3) is 0 Å². The van der Waals surface area contributed by atoms with Crippen LogP contribution in [0, 0.1) is 26.7 Å². The van der Waals surface area contributed by atoms with Crippen molar-refractivity contribution < 1.29 is 4.74 Å². The normalized spacial score (nSPS) is 13.0. The van der Waals surface area contributed by atoms with Gasteiger partial charge in [0.25, 0.3) is 0 Å². The Morgan fingerprint density at radius 3 is 2.26 bits per heavy atom. The summed E-state index contributed by atoms with van der Waals surface area (Å²) in [7, 11) is 0. The molecule has 0 spiro atoms. The smallest absolute Gasteiger partial charge is 0.0622 e. The summed E-state index contributed by atoms with van der Waals surface area (Å²) >= 11 is 0. The maximum atomic E-state index is 5.56. The van der Waals surface area contributed by atoms with E-state index in [2.05, 4.69) is 52.1 Å². The summed E-state index contributed by atoms with van der Waals surface area (Å²) in [5.74, 6) is 0.582. The molecule has 19 heavy (non-hydrogen) atoms. The van der Waals surface area contributed by atoms with E-state index in [1.165, 1.54) is 22.3 Å². The minimum Gasteiger partial charge on any atom is -0.380 e. The van der Waals surface area contributed by atoms with Crippen molar-refractivity contribution in [3.8, 4) is 0 Å². The van der Waals surface area contributed by atoms with Crippen molar-refractivity contribution in [1.29, 1.82) is 0 Å². The van der Waals surface area contributed by atoms with Gasteiger partial charge in [-0.15, -0.1) is 0 Å². The van der Waals surface area contributed by atoms with Crippen molar-refractivity contribution in [2.45, 2.75) is 54.1 Å². The second kappa shape index (κ2) is 7.66. The van der Waals surface area contributed by atoms with Crippen molar-refractivity contribution in [2.75, 3.05) is 13.2 Å². The zero-order chi connectivity index (χ0) is 14.4. The Labute approximate surface area is 118 Å². The van der Waals surface area contributed by atoms with Crippen LogP contribution in [-0.4, -0.2) is 19.3 Å². The maximum absolute atomic E-state index is 5.56. The Kier molecular flexibility index (Phi) is 6.53. The standard InChI is InChI=1S/C17H29NO/c1-7-19-11-17(12(2)3)18-10-16-9-14(5)13(4)8-15(16)6/h8-9,12,17-18H,7,10-11H2,1-6H3. The van der Waals surface area contributed by atoms with Gasteiger partial charge in [0.15, 0.2) is 0 Å². The van der Waals surface area contributed by atoms with Gasteiger partial charge in [-0.3, -0.25) is 0 Å². The Bertz CT molecular complexity index is 398. The fourth-order valence-electron chi connectivity index (χ4n) is 2.18. The van der Waals surface area contributed by atoms with Crippen LogP contribution in [0.15, 0.2) is 12.1 Å². The van der Waals surface area contributed by atoms with Gasteiger partial charge in [0.05, 0.1) is 6.61 Å². The molecule has 1 aromatic rings. The molecule has 0 bridgehead atoms. The Balaban J connectivity index is 2.66. The molecule has 108 valence electrons. The molecular weight excluding hydrogens is 234 g/mol. The van der Waals surface area contributed by atoms with Crippen molar-refractivity contribution in [3.05, 3.63) is 34.4 Å². The average Bonchev–Trinajstić information content (AvgIpc) is 2.34. The predicted octanol–water partition coefficient (Wildman–Crippen LogP) is 3.76. The second-order valence-corrected chi connectivity index (χ2v) is 5.75. The largest absolute Gasteiger partial charge is 0.380 e. The van der Waals surface area contributed by atoms with Crippen LogP contribution >= 0.6 is 0 Å². The topological polar surface area (TPSA) is 21.3 Å². The number of hydrogen-bond donors (Lipinski definition) is 1. The third kappa shape index (κ3) is 4.96. The predicted molar refractivity (Wildman–Crippen MR) is 82.6 cm³/mol. The van der Waals surface area contributed by atoms with E-state index in [-0.39, 0.29) is 0 Å². The summed E-state index contributed by atoms with van der Waals surface area (Å²) in [6.07, 6.45) is 0. The SMILES string of the molecule is CCOCC(NCc1cc(C)c(C)cc1C)C(C)C. The van der Waals surface area contributed by atoms with Crippen LogP contribution in [0.3, 0.4) is 0 Å². The number of benzene rings is 1. The Morgan fingerprint density at radius 1 is 1.05 bits per heavy atom. The van der Waals surface area contributed by atoms with Crippen molar-refractivity contribution in [1.82, 2.24) is 5.32 Å². The molecule has 0 saturated carbocycles. The third-order valence-electron chi connectivity index (χ3n) is 3.81. The quantitative estimate of drug-likeness (QED) is 0.808. The fraction of sp³-hybridized carbons (Fsp3) is 0.647. The monoisotopic (exact) mass is 263 g/mol. The highest BCUT2D eigenvalue weighted by Gasteiger charge is 2.13. The molecule has 0 aliphatic rings. The van der Waals surface area contributed by atoms with Crippen LogP contribution in [0.5, 0.6) is 0 Å². The Morgan fingerprint density at radius 2 is 1.68 bits per heavy atom. The van der Waals surface area contributed by atoms with Gasteiger partial charge in [0.2, 0.25) is 0 Å². The van der Waals surface area contributed by atoms with E-state index < -0.39 is 0 Å². The molecule has 0 amide bonds. The lowest BCUT2D eigenvalue weighted by Gasteiger charge is -2.23. The van der Waals surface area contributed by atoms with E-state index in [1.807, 2.05) is 6.92 Å². The summed E-state index contributed by atoms with van der Waals surface area (Å²) in [4.78, 5) is 0. The van der Waals surface area contributed by atoms with E-state index in [4.69, 9.17) is 4.74 Å². The van der Waals surface area contributed by atoms with Crippen LogP contribution in [0.4, 0.5) is 0 Å². The van der Waals surface area contributed by atoms with E-state index in [9.17, 15) is 0 Å². The van der Waals surface area contributed by atoms with E-state index in [1.54, 1.807) is 0 Å². The van der Waals surface area contributed by atoms with Gasteiger partial charge in [0, 0.05) is 19.2 Å². The van der Waals surface area contributed by atoms with E-state index in [0.717, 1.165) is 19.8 Å². The van der Waals surface area contributed by atoms with Crippen LogP contribution in [-0.2, 0) is 11.3 Å². The van der Waals surface area contributed by atoms with Gasteiger partial charge >= 0.3 is 0 Å². The molecule has 2 heteroatoms. The minimum absolute atomic E-state index is 0.418. The number of rotatable bonds is 7. The van der Waals surface area contributed by atoms with Gasteiger partial charge in [-0.05, 0) is 55.9 Å². The molecule has 0 saturated heterocycles. The van der Waals surface area contributed by atoms with Crippen molar-refractivity contribution >= 4 is 0 Å². The highest BCUT2D eigenvalue weighted by Crippen LogP contribution is 2.15. The molecule has 0 fully saturated rings.